The molecule has 0 bridgehead atoms. The van der Waals surface area contributed by atoms with Gasteiger partial charge in [0, 0.05) is 13.1 Å². The number of rotatable bonds is 1. The van der Waals surface area contributed by atoms with Gasteiger partial charge in [-0.25, -0.2) is 0 Å². The van der Waals surface area contributed by atoms with E-state index in [1.165, 1.54) is 0 Å². The monoisotopic (exact) mass is 228 g/mol. The third kappa shape index (κ3) is 2.24. The van der Waals surface area contributed by atoms with Crippen LogP contribution in [-0.4, -0.2) is 45.3 Å². The van der Waals surface area contributed by atoms with Crippen LogP contribution in [0.5, 0.6) is 0 Å². The molecule has 6 nitrogen and oxygen atoms in total. The average Bonchev–Trinajstić information content (AvgIpc) is 2.64. The largest absolute Gasteiger partial charge is 0.391 e. The van der Waals surface area contributed by atoms with Crippen LogP contribution < -0.4 is 5.73 Å². The highest BCUT2D eigenvalue weighted by Crippen LogP contribution is 2.17. The Labute approximate surface area is 90.7 Å². The minimum absolute atomic E-state index is 0.192. The van der Waals surface area contributed by atoms with Crippen molar-refractivity contribution < 1.29 is 9.90 Å². The predicted octanol–water partition coefficient (Wildman–Crippen LogP) is -0.283. The van der Waals surface area contributed by atoms with Gasteiger partial charge in [-0.05, 0) is 12.8 Å². The number of aromatic nitrogens is 2. The van der Waals surface area contributed by atoms with Gasteiger partial charge in [-0.1, -0.05) is 11.3 Å². The van der Waals surface area contributed by atoms with Crippen LogP contribution in [-0.2, 0) is 0 Å². The standard InChI is InChI=1S/C8H12N4O2S/c9-8-11-10-6(15-8)7(14)12-3-1-2-5(13)4-12/h5,13H,1-4H2,(H2,9,11). The Kier molecular flexibility index (Phi) is 2.83. The van der Waals surface area contributed by atoms with Gasteiger partial charge in [-0.3, -0.25) is 4.79 Å². The van der Waals surface area contributed by atoms with Crippen molar-refractivity contribution in [1.82, 2.24) is 15.1 Å². The van der Waals surface area contributed by atoms with Crippen LogP contribution in [0.1, 0.15) is 22.6 Å². The maximum atomic E-state index is 11.8. The molecule has 1 aliphatic heterocycles. The fourth-order valence-corrected chi connectivity index (χ4v) is 2.17. The van der Waals surface area contributed by atoms with Gasteiger partial charge in [0.25, 0.3) is 5.91 Å². The van der Waals surface area contributed by atoms with E-state index < -0.39 is 6.10 Å². The molecule has 0 aliphatic carbocycles. The van der Waals surface area contributed by atoms with E-state index in [1.807, 2.05) is 0 Å². The SMILES string of the molecule is Nc1nnc(C(=O)N2CCCC(O)C2)s1. The van der Waals surface area contributed by atoms with E-state index in [1.54, 1.807) is 4.90 Å². The van der Waals surface area contributed by atoms with Crippen molar-refractivity contribution in [1.29, 1.82) is 0 Å². The normalized spacial score (nSPS) is 21.7. The molecule has 15 heavy (non-hydrogen) atoms. The van der Waals surface area contributed by atoms with E-state index >= 15 is 0 Å². The van der Waals surface area contributed by atoms with Crippen LogP contribution in [0.3, 0.4) is 0 Å². The molecule has 0 saturated carbocycles. The number of aliphatic hydroxyl groups excluding tert-OH is 1. The summed E-state index contributed by atoms with van der Waals surface area (Å²) in [6.45, 7) is 1.04. The Bertz CT molecular complexity index is 367. The first-order valence-electron chi connectivity index (χ1n) is 4.73. The van der Waals surface area contributed by atoms with E-state index in [4.69, 9.17) is 5.73 Å². The van der Waals surface area contributed by atoms with Crippen molar-refractivity contribution in [2.24, 2.45) is 0 Å². The zero-order chi connectivity index (χ0) is 10.8. The van der Waals surface area contributed by atoms with Crippen molar-refractivity contribution >= 4 is 22.4 Å². The summed E-state index contributed by atoms with van der Waals surface area (Å²) in [4.78, 5) is 13.4. The Balaban J connectivity index is 2.07. The van der Waals surface area contributed by atoms with E-state index in [0.717, 1.165) is 24.2 Å². The van der Waals surface area contributed by atoms with Crippen molar-refractivity contribution in [3.05, 3.63) is 5.01 Å². The van der Waals surface area contributed by atoms with Gasteiger partial charge in [-0.15, -0.1) is 10.2 Å². The van der Waals surface area contributed by atoms with Gasteiger partial charge in [0.15, 0.2) is 0 Å². The van der Waals surface area contributed by atoms with Crippen LogP contribution in [0.15, 0.2) is 0 Å². The molecule has 1 atom stereocenters. The Morgan fingerprint density at radius 3 is 3.00 bits per heavy atom. The summed E-state index contributed by atoms with van der Waals surface area (Å²) in [5.74, 6) is -0.192. The fourth-order valence-electron chi connectivity index (χ4n) is 1.60. The molecule has 1 unspecified atom stereocenters. The van der Waals surface area contributed by atoms with Crippen molar-refractivity contribution in [3.8, 4) is 0 Å². The number of piperidine rings is 1. The quantitative estimate of drug-likeness (QED) is 0.689. The minimum Gasteiger partial charge on any atom is -0.391 e. The second kappa shape index (κ2) is 4.11. The van der Waals surface area contributed by atoms with Gasteiger partial charge in [0.2, 0.25) is 10.1 Å². The van der Waals surface area contributed by atoms with Gasteiger partial charge in [0.05, 0.1) is 6.10 Å². The lowest BCUT2D eigenvalue weighted by atomic mass is 10.1. The zero-order valence-electron chi connectivity index (χ0n) is 8.09. The number of nitrogens with zero attached hydrogens (tertiary/aromatic N) is 3. The number of carbonyl (C=O) groups excluding carboxylic acids is 1. The van der Waals surface area contributed by atoms with Crippen molar-refractivity contribution in [3.63, 3.8) is 0 Å². The molecule has 1 amide bonds. The molecule has 7 heteroatoms. The Morgan fingerprint density at radius 1 is 1.60 bits per heavy atom. The first kappa shape index (κ1) is 10.3. The maximum absolute atomic E-state index is 11.8. The summed E-state index contributed by atoms with van der Waals surface area (Å²) in [6, 6.07) is 0. The smallest absolute Gasteiger partial charge is 0.284 e. The third-order valence-corrected chi connectivity index (χ3v) is 3.05. The Hall–Kier alpha value is -1.21. The number of nitrogens with two attached hydrogens (primary N) is 1. The molecular weight excluding hydrogens is 216 g/mol. The van der Waals surface area contributed by atoms with Gasteiger partial charge < -0.3 is 15.7 Å². The van der Waals surface area contributed by atoms with E-state index in [9.17, 15) is 9.90 Å². The summed E-state index contributed by atoms with van der Waals surface area (Å²) in [7, 11) is 0. The molecular formula is C8H12N4O2S. The fraction of sp³-hybridized carbons (Fsp3) is 0.625. The molecule has 2 rings (SSSR count). The summed E-state index contributed by atoms with van der Waals surface area (Å²) in [6.07, 6.45) is 1.15. The number of anilines is 1. The molecule has 1 aliphatic rings. The lowest BCUT2D eigenvalue weighted by Crippen LogP contribution is -2.42. The average molecular weight is 228 g/mol. The van der Waals surface area contributed by atoms with Crippen LogP contribution in [0, 0.1) is 0 Å². The zero-order valence-corrected chi connectivity index (χ0v) is 8.90. The summed E-state index contributed by atoms with van der Waals surface area (Å²) in [5.41, 5.74) is 5.40. The van der Waals surface area contributed by atoms with Gasteiger partial charge in [0.1, 0.15) is 0 Å². The van der Waals surface area contributed by atoms with Crippen molar-refractivity contribution in [2.45, 2.75) is 18.9 Å². The molecule has 2 heterocycles. The van der Waals surface area contributed by atoms with E-state index in [0.29, 0.717) is 18.1 Å². The highest BCUT2D eigenvalue weighted by atomic mass is 32.1. The molecule has 1 saturated heterocycles. The summed E-state index contributed by atoms with van der Waals surface area (Å²) in [5, 5.41) is 17.3. The minimum atomic E-state index is -0.423. The first-order valence-corrected chi connectivity index (χ1v) is 5.55. The van der Waals surface area contributed by atoms with E-state index in [-0.39, 0.29) is 11.0 Å². The predicted molar refractivity (Wildman–Crippen MR) is 55.5 cm³/mol. The molecule has 0 radical (unpaired) electrons. The second-order valence-corrected chi connectivity index (χ2v) is 4.50. The lowest BCUT2D eigenvalue weighted by molar-refractivity contribution is 0.0473. The molecule has 0 aromatic carbocycles. The van der Waals surface area contributed by atoms with Crippen LogP contribution in [0.2, 0.25) is 0 Å². The summed E-state index contributed by atoms with van der Waals surface area (Å²) < 4.78 is 0. The first-order chi connectivity index (χ1) is 7.16. The number of amides is 1. The van der Waals surface area contributed by atoms with Crippen LogP contribution in [0.4, 0.5) is 5.13 Å². The molecule has 1 aromatic rings. The number of hydrogen-bond donors (Lipinski definition) is 2. The number of likely N-dealkylation sites (tertiary alicyclic amines) is 1. The van der Waals surface area contributed by atoms with E-state index in [2.05, 4.69) is 10.2 Å². The number of hydrogen-bond acceptors (Lipinski definition) is 6. The Morgan fingerprint density at radius 2 is 2.40 bits per heavy atom. The number of carbonyl (C=O) groups is 1. The van der Waals surface area contributed by atoms with Crippen LogP contribution in [0.25, 0.3) is 0 Å². The topological polar surface area (TPSA) is 92.3 Å². The summed E-state index contributed by atoms with van der Waals surface area (Å²) >= 11 is 1.07. The third-order valence-electron chi connectivity index (χ3n) is 2.31. The van der Waals surface area contributed by atoms with Crippen molar-refractivity contribution in [2.75, 3.05) is 18.8 Å². The number of nitrogen functional groups attached to an aromatic ring is 1. The number of β-amino-alcohol motifs (C(OH)–C–C–N with tert-alkyl or cyclic N) is 1. The molecule has 82 valence electrons. The second-order valence-electron chi connectivity index (χ2n) is 3.49. The van der Waals surface area contributed by atoms with Gasteiger partial charge >= 0.3 is 0 Å². The maximum Gasteiger partial charge on any atom is 0.284 e. The highest BCUT2D eigenvalue weighted by molar-refractivity contribution is 7.16. The molecule has 3 N–H and O–H groups in total. The number of aliphatic hydroxyl groups is 1. The van der Waals surface area contributed by atoms with Gasteiger partial charge in [-0.2, -0.15) is 0 Å². The molecule has 1 fully saturated rings. The lowest BCUT2D eigenvalue weighted by Gasteiger charge is -2.29. The molecule has 0 spiro atoms. The molecule has 1 aromatic heterocycles. The van der Waals surface area contributed by atoms with Crippen LogP contribution >= 0.6 is 11.3 Å². The highest BCUT2D eigenvalue weighted by Gasteiger charge is 2.25.